The largest absolute Gasteiger partial charge is 0.481 e. The van der Waals surface area contributed by atoms with Crippen LogP contribution >= 0.6 is 46.0 Å². The van der Waals surface area contributed by atoms with Crippen LogP contribution in [0.15, 0.2) is 0 Å². The van der Waals surface area contributed by atoms with Crippen molar-refractivity contribution in [3.8, 4) is 0 Å². The van der Waals surface area contributed by atoms with Gasteiger partial charge in [0.1, 0.15) is 0 Å². The topological polar surface area (TPSA) is 18.5 Å². The van der Waals surface area contributed by atoms with Crippen LogP contribution in [0.4, 0.5) is 0 Å². The van der Waals surface area contributed by atoms with Crippen molar-refractivity contribution < 1.29 is 9.47 Å². The maximum absolute atomic E-state index is 4.73. The van der Waals surface area contributed by atoms with Crippen LogP contribution in [0, 0.1) is 0 Å². The fraction of sp³-hybridized carbons (Fsp3) is 0.500. The highest BCUT2D eigenvalue weighted by Crippen LogP contribution is 2.25. The number of rotatable bonds is 0. The van der Waals surface area contributed by atoms with Gasteiger partial charge in [0.25, 0.3) is 0 Å². The lowest BCUT2D eigenvalue weighted by Gasteiger charge is -1.99. The zero-order valence-corrected chi connectivity index (χ0v) is 8.72. The van der Waals surface area contributed by atoms with Gasteiger partial charge in [-0.25, -0.2) is 0 Å². The lowest BCUT2D eigenvalue weighted by Crippen LogP contribution is -1.91. The molecule has 0 atom stereocenters. The maximum Gasteiger partial charge on any atom is 0.231 e. The molecule has 0 rings (SSSR count). The predicted molar refractivity (Wildman–Crippen MR) is 54.4 cm³/mol. The highest BCUT2D eigenvalue weighted by Gasteiger charge is 2.00. The normalized spacial score (nSPS) is 8.60. The van der Waals surface area contributed by atoms with Crippen molar-refractivity contribution in [3.63, 3.8) is 0 Å². The number of hydrogen-bond donors (Lipinski definition) is 0. The molecule has 10 heavy (non-hydrogen) atoms. The minimum Gasteiger partial charge on any atom is -0.481 e. The minimum absolute atomic E-state index is 0.449. The van der Waals surface area contributed by atoms with Crippen molar-refractivity contribution in [3.05, 3.63) is 0 Å². The zero-order chi connectivity index (χ0) is 7.98. The van der Waals surface area contributed by atoms with Crippen molar-refractivity contribution >= 4 is 54.8 Å². The summed E-state index contributed by atoms with van der Waals surface area (Å²) >= 11 is 9.45. The summed E-state index contributed by atoms with van der Waals surface area (Å²) in [5, 5.41) is 0. The summed E-state index contributed by atoms with van der Waals surface area (Å²) in [7, 11) is 5.58. The van der Waals surface area contributed by atoms with Crippen molar-refractivity contribution in [2.24, 2.45) is 0 Å². The van der Waals surface area contributed by atoms with E-state index < -0.39 is 0 Å². The smallest absolute Gasteiger partial charge is 0.231 e. The number of hydrogen-bond acceptors (Lipinski definition) is 6. The van der Waals surface area contributed by atoms with E-state index in [2.05, 4.69) is 0 Å². The molecule has 0 unspecified atom stereocenters. The molecule has 0 saturated carbocycles. The molecule has 0 aliphatic heterocycles. The monoisotopic (exact) mass is 214 g/mol. The average Bonchev–Trinajstić information content (AvgIpc) is 1.99. The molecule has 0 bridgehead atoms. The van der Waals surface area contributed by atoms with Gasteiger partial charge in [-0.15, -0.1) is 0 Å². The van der Waals surface area contributed by atoms with Crippen molar-refractivity contribution in [2.75, 3.05) is 14.2 Å². The van der Waals surface area contributed by atoms with Crippen molar-refractivity contribution in [2.45, 2.75) is 0 Å². The van der Waals surface area contributed by atoms with Crippen LogP contribution < -0.4 is 0 Å². The second-order valence-electron chi connectivity index (χ2n) is 1.07. The van der Waals surface area contributed by atoms with Gasteiger partial charge in [-0.2, -0.15) is 0 Å². The van der Waals surface area contributed by atoms with Crippen LogP contribution in [0.3, 0.4) is 0 Å². The van der Waals surface area contributed by atoms with Gasteiger partial charge < -0.3 is 9.47 Å². The Hall–Kier alpha value is 0.480. The molecule has 0 radical (unpaired) electrons. The van der Waals surface area contributed by atoms with Gasteiger partial charge >= 0.3 is 0 Å². The van der Waals surface area contributed by atoms with Crippen molar-refractivity contribution in [1.29, 1.82) is 0 Å². The Labute approximate surface area is 78.4 Å². The molecule has 0 aliphatic carbocycles. The Kier molecular flexibility index (Phi) is 6.50. The molecule has 0 saturated heterocycles. The van der Waals surface area contributed by atoms with E-state index in [-0.39, 0.29) is 0 Å². The standard InChI is InChI=1S/C4H6O2S4/c1-5-3(7)9-10-4(8)6-2/h1-2H3. The zero-order valence-electron chi connectivity index (χ0n) is 5.45. The van der Waals surface area contributed by atoms with E-state index in [1.807, 2.05) is 0 Å². The van der Waals surface area contributed by atoms with E-state index >= 15 is 0 Å². The van der Waals surface area contributed by atoms with Gasteiger partial charge in [0, 0.05) is 21.6 Å². The Morgan fingerprint density at radius 2 is 1.30 bits per heavy atom. The highest BCUT2D eigenvalue weighted by molar-refractivity contribution is 8.89. The Balaban J connectivity index is 3.35. The molecular weight excluding hydrogens is 208 g/mol. The second kappa shape index (κ2) is 6.21. The molecule has 58 valence electrons. The molecule has 0 aliphatic rings. The number of methoxy groups -OCH3 is 2. The van der Waals surface area contributed by atoms with Gasteiger partial charge in [-0.3, -0.25) is 0 Å². The third kappa shape index (κ3) is 5.28. The Bertz CT molecular complexity index is 119. The fourth-order valence-electron chi connectivity index (χ4n) is 0.136. The van der Waals surface area contributed by atoms with E-state index in [9.17, 15) is 0 Å². The minimum atomic E-state index is 0.449. The first-order valence-corrected chi connectivity index (χ1v) is 5.17. The van der Waals surface area contributed by atoms with E-state index in [0.29, 0.717) is 8.77 Å². The maximum atomic E-state index is 4.73. The molecule has 2 nitrogen and oxygen atoms in total. The quantitative estimate of drug-likeness (QED) is 0.451. The molecule has 0 fully saturated rings. The van der Waals surface area contributed by atoms with E-state index in [1.165, 1.54) is 35.8 Å². The van der Waals surface area contributed by atoms with Crippen molar-refractivity contribution in [1.82, 2.24) is 0 Å². The van der Waals surface area contributed by atoms with Gasteiger partial charge in [0.2, 0.25) is 8.77 Å². The molecule has 6 heteroatoms. The third-order valence-corrected chi connectivity index (χ3v) is 3.82. The first kappa shape index (κ1) is 10.5. The fourth-order valence-corrected chi connectivity index (χ4v) is 1.84. The summed E-state index contributed by atoms with van der Waals surface area (Å²) < 4.78 is 10.3. The lowest BCUT2D eigenvalue weighted by atomic mass is 11.5. The van der Waals surface area contributed by atoms with E-state index in [4.69, 9.17) is 33.9 Å². The summed E-state index contributed by atoms with van der Waals surface area (Å²) in [5.41, 5.74) is 0. The van der Waals surface area contributed by atoms with Gasteiger partial charge in [-0.1, -0.05) is 0 Å². The molecule has 0 aromatic heterocycles. The van der Waals surface area contributed by atoms with E-state index in [0.717, 1.165) is 0 Å². The predicted octanol–water partition coefficient (Wildman–Crippen LogP) is 2.23. The summed E-state index contributed by atoms with van der Waals surface area (Å²) in [6.07, 6.45) is 0. The number of thiocarbonyl (C=S) groups is 2. The van der Waals surface area contributed by atoms with Gasteiger partial charge in [0.15, 0.2) is 0 Å². The number of ether oxygens (including phenoxy) is 2. The molecule has 0 heterocycles. The summed E-state index contributed by atoms with van der Waals surface area (Å²) in [6, 6.07) is 0. The molecule has 0 spiro atoms. The molecule has 0 aromatic rings. The van der Waals surface area contributed by atoms with Crippen LogP contribution in [0.2, 0.25) is 0 Å². The third-order valence-electron chi connectivity index (χ3n) is 0.511. The summed E-state index contributed by atoms with van der Waals surface area (Å²) in [4.78, 5) is 0. The second-order valence-corrected chi connectivity index (χ2v) is 4.41. The first-order chi connectivity index (χ1) is 4.70. The molecular formula is C4H6O2S4. The van der Waals surface area contributed by atoms with Crippen LogP contribution in [0.5, 0.6) is 0 Å². The van der Waals surface area contributed by atoms with Crippen LogP contribution in [0.25, 0.3) is 0 Å². The lowest BCUT2D eigenvalue weighted by molar-refractivity contribution is 0.426. The molecule has 0 amide bonds. The summed E-state index contributed by atoms with van der Waals surface area (Å²) in [6.45, 7) is 0. The molecule has 0 N–H and O–H groups in total. The Morgan fingerprint density at radius 1 is 1.00 bits per heavy atom. The van der Waals surface area contributed by atoms with E-state index in [1.54, 1.807) is 0 Å². The van der Waals surface area contributed by atoms with Crippen LogP contribution in [0.1, 0.15) is 0 Å². The summed E-state index contributed by atoms with van der Waals surface area (Å²) in [5.74, 6) is 0. The van der Waals surface area contributed by atoms with Gasteiger partial charge in [-0.05, 0) is 24.4 Å². The van der Waals surface area contributed by atoms with Crippen LogP contribution in [-0.4, -0.2) is 23.0 Å². The first-order valence-electron chi connectivity index (χ1n) is 2.21. The van der Waals surface area contributed by atoms with Gasteiger partial charge in [0.05, 0.1) is 14.2 Å². The SMILES string of the molecule is COC(=S)SSC(=S)OC. The van der Waals surface area contributed by atoms with Crippen LogP contribution in [-0.2, 0) is 9.47 Å². The molecule has 0 aromatic carbocycles. The Morgan fingerprint density at radius 3 is 1.50 bits per heavy atom. The average molecular weight is 214 g/mol. The highest BCUT2D eigenvalue weighted by atomic mass is 33.1.